The molecule has 1 aliphatic heterocycles. The lowest BCUT2D eigenvalue weighted by Crippen LogP contribution is -2.20. The number of ether oxygens (including phenoxy) is 1. The molecule has 104 valence electrons. The molecule has 0 bridgehead atoms. The molecule has 0 saturated heterocycles. The van der Waals surface area contributed by atoms with E-state index in [0.717, 1.165) is 37.3 Å². The van der Waals surface area contributed by atoms with E-state index >= 15 is 0 Å². The molecule has 3 nitrogen and oxygen atoms in total. The third kappa shape index (κ3) is 2.94. The van der Waals surface area contributed by atoms with E-state index in [1.165, 1.54) is 5.56 Å². The summed E-state index contributed by atoms with van der Waals surface area (Å²) in [5.41, 5.74) is 2.39. The van der Waals surface area contributed by atoms with Crippen molar-refractivity contribution < 1.29 is 4.74 Å². The van der Waals surface area contributed by atoms with Crippen molar-refractivity contribution in [1.29, 1.82) is 0 Å². The van der Waals surface area contributed by atoms with Gasteiger partial charge in [0.05, 0.1) is 11.6 Å². The minimum absolute atomic E-state index is 0.277. The Morgan fingerprint density at radius 1 is 1.25 bits per heavy atom. The van der Waals surface area contributed by atoms with Crippen LogP contribution in [0.2, 0.25) is 5.02 Å². The predicted octanol–water partition coefficient (Wildman–Crippen LogP) is 3.74. The van der Waals surface area contributed by atoms with Crippen molar-refractivity contribution in [2.24, 2.45) is 0 Å². The van der Waals surface area contributed by atoms with Crippen LogP contribution in [-0.4, -0.2) is 11.6 Å². The topological polar surface area (TPSA) is 34.1 Å². The van der Waals surface area contributed by atoms with Gasteiger partial charge in [0.1, 0.15) is 5.75 Å². The highest BCUT2D eigenvalue weighted by molar-refractivity contribution is 6.32. The SMILES string of the molecule is Clc1cccc2c1OCCCC2NCc1ccncc1. The molecule has 1 N–H and O–H groups in total. The number of rotatable bonds is 3. The molecular weight excluding hydrogens is 272 g/mol. The van der Waals surface area contributed by atoms with Crippen LogP contribution < -0.4 is 10.1 Å². The lowest BCUT2D eigenvalue weighted by atomic mass is 10.0. The molecule has 1 unspecified atom stereocenters. The fourth-order valence-electron chi connectivity index (χ4n) is 2.52. The van der Waals surface area contributed by atoms with E-state index < -0.39 is 0 Å². The molecule has 1 aliphatic rings. The molecule has 1 aromatic carbocycles. The molecule has 1 atom stereocenters. The standard InChI is InChI=1S/C16H17ClN2O/c17-14-4-1-3-13-15(5-2-10-20-16(13)14)19-11-12-6-8-18-9-7-12/h1,3-4,6-9,15,19H,2,5,10-11H2. The van der Waals surface area contributed by atoms with E-state index in [-0.39, 0.29) is 6.04 Å². The van der Waals surface area contributed by atoms with Gasteiger partial charge >= 0.3 is 0 Å². The van der Waals surface area contributed by atoms with E-state index in [4.69, 9.17) is 16.3 Å². The van der Waals surface area contributed by atoms with Crippen molar-refractivity contribution in [1.82, 2.24) is 10.3 Å². The van der Waals surface area contributed by atoms with Gasteiger partial charge in [-0.3, -0.25) is 4.98 Å². The van der Waals surface area contributed by atoms with Crippen LogP contribution in [-0.2, 0) is 6.54 Å². The van der Waals surface area contributed by atoms with Gasteiger partial charge in [-0.05, 0) is 36.6 Å². The summed E-state index contributed by atoms with van der Waals surface area (Å²) in [4.78, 5) is 4.04. The van der Waals surface area contributed by atoms with Gasteiger partial charge in [0.15, 0.2) is 0 Å². The number of pyridine rings is 1. The van der Waals surface area contributed by atoms with Crippen LogP contribution in [0.25, 0.3) is 0 Å². The summed E-state index contributed by atoms with van der Waals surface area (Å²) < 4.78 is 5.78. The lowest BCUT2D eigenvalue weighted by molar-refractivity contribution is 0.315. The maximum Gasteiger partial charge on any atom is 0.142 e. The van der Waals surface area contributed by atoms with Crippen molar-refractivity contribution in [3.8, 4) is 5.75 Å². The highest BCUT2D eigenvalue weighted by Gasteiger charge is 2.21. The number of nitrogens with zero attached hydrogens (tertiary/aromatic N) is 1. The first kappa shape index (κ1) is 13.4. The van der Waals surface area contributed by atoms with Gasteiger partial charge < -0.3 is 10.1 Å². The molecule has 4 heteroatoms. The average molecular weight is 289 g/mol. The number of benzene rings is 1. The number of halogens is 1. The molecule has 20 heavy (non-hydrogen) atoms. The third-order valence-corrected chi connectivity index (χ3v) is 3.86. The van der Waals surface area contributed by atoms with Crippen molar-refractivity contribution in [2.45, 2.75) is 25.4 Å². The Balaban J connectivity index is 1.78. The molecule has 2 heterocycles. The maximum absolute atomic E-state index is 6.24. The van der Waals surface area contributed by atoms with Crippen LogP contribution in [0.4, 0.5) is 0 Å². The lowest BCUT2D eigenvalue weighted by Gasteiger charge is -2.19. The summed E-state index contributed by atoms with van der Waals surface area (Å²) >= 11 is 6.24. The number of hydrogen-bond acceptors (Lipinski definition) is 3. The molecule has 3 rings (SSSR count). The quantitative estimate of drug-likeness (QED) is 0.934. The molecule has 0 amide bonds. The van der Waals surface area contributed by atoms with E-state index in [1.807, 2.05) is 36.7 Å². The van der Waals surface area contributed by atoms with E-state index in [2.05, 4.69) is 16.4 Å². The van der Waals surface area contributed by atoms with Gasteiger partial charge in [-0.1, -0.05) is 23.7 Å². The zero-order valence-corrected chi connectivity index (χ0v) is 11.9. The highest BCUT2D eigenvalue weighted by atomic mass is 35.5. The minimum atomic E-state index is 0.277. The van der Waals surface area contributed by atoms with Gasteiger partial charge in [0, 0.05) is 30.5 Å². The number of aromatic nitrogens is 1. The Kier molecular flexibility index (Phi) is 4.19. The van der Waals surface area contributed by atoms with Crippen molar-refractivity contribution >= 4 is 11.6 Å². The summed E-state index contributed by atoms with van der Waals surface area (Å²) in [7, 11) is 0. The summed E-state index contributed by atoms with van der Waals surface area (Å²) in [5, 5.41) is 4.29. The first-order chi connectivity index (χ1) is 9.84. The van der Waals surface area contributed by atoms with E-state index in [0.29, 0.717) is 5.02 Å². The summed E-state index contributed by atoms with van der Waals surface area (Å²) in [6, 6.07) is 10.3. The molecule has 0 aliphatic carbocycles. The van der Waals surface area contributed by atoms with Gasteiger partial charge in [-0.2, -0.15) is 0 Å². The van der Waals surface area contributed by atoms with Gasteiger partial charge in [-0.15, -0.1) is 0 Å². The fourth-order valence-corrected chi connectivity index (χ4v) is 2.76. The number of nitrogens with one attached hydrogen (secondary N) is 1. The fraction of sp³-hybridized carbons (Fsp3) is 0.312. The smallest absolute Gasteiger partial charge is 0.142 e. The molecule has 0 saturated carbocycles. The summed E-state index contributed by atoms with van der Waals surface area (Å²) in [6.07, 6.45) is 5.72. The summed E-state index contributed by atoms with van der Waals surface area (Å²) in [6.45, 7) is 1.54. The van der Waals surface area contributed by atoms with Crippen molar-refractivity contribution in [3.05, 3.63) is 58.9 Å². The van der Waals surface area contributed by atoms with Crippen LogP contribution in [0.15, 0.2) is 42.7 Å². The van der Waals surface area contributed by atoms with Crippen LogP contribution in [0, 0.1) is 0 Å². The monoisotopic (exact) mass is 288 g/mol. The first-order valence-electron chi connectivity index (χ1n) is 6.88. The van der Waals surface area contributed by atoms with Gasteiger partial charge in [0.2, 0.25) is 0 Å². The molecule has 0 spiro atoms. The zero-order valence-electron chi connectivity index (χ0n) is 11.2. The molecule has 1 aromatic heterocycles. The third-order valence-electron chi connectivity index (χ3n) is 3.56. The van der Waals surface area contributed by atoms with Crippen LogP contribution in [0.3, 0.4) is 0 Å². The largest absolute Gasteiger partial charge is 0.492 e. The van der Waals surface area contributed by atoms with Crippen molar-refractivity contribution in [2.75, 3.05) is 6.61 Å². The first-order valence-corrected chi connectivity index (χ1v) is 7.26. The van der Waals surface area contributed by atoms with Gasteiger partial charge in [0.25, 0.3) is 0 Å². The second-order valence-corrected chi connectivity index (χ2v) is 5.35. The number of fused-ring (bicyclic) bond motifs is 1. The Morgan fingerprint density at radius 3 is 2.95 bits per heavy atom. The van der Waals surface area contributed by atoms with E-state index in [9.17, 15) is 0 Å². The van der Waals surface area contributed by atoms with Gasteiger partial charge in [-0.25, -0.2) is 0 Å². The van der Waals surface area contributed by atoms with E-state index in [1.54, 1.807) is 0 Å². The minimum Gasteiger partial charge on any atom is -0.492 e. The maximum atomic E-state index is 6.24. The molecular formula is C16H17ClN2O. The molecule has 0 fully saturated rings. The Morgan fingerprint density at radius 2 is 2.10 bits per heavy atom. The van der Waals surface area contributed by atoms with Crippen LogP contribution >= 0.6 is 11.6 Å². The summed E-state index contributed by atoms with van der Waals surface area (Å²) in [5.74, 6) is 0.832. The second-order valence-electron chi connectivity index (χ2n) is 4.94. The Bertz CT molecular complexity index is 574. The second kappa shape index (κ2) is 6.25. The average Bonchev–Trinajstić information content (AvgIpc) is 2.70. The van der Waals surface area contributed by atoms with Crippen LogP contribution in [0.5, 0.6) is 5.75 Å². The highest BCUT2D eigenvalue weighted by Crippen LogP contribution is 2.36. The molecule has 0 radical (unpaired) electrons. The zero-order chi connectivity index (χ0) is 13.8. The normalized spacial score (nSPS) is 17.9. The Hall–Kier alpha value is -1.58. The predicted molar refractivity (Wildman–Crippen MR) is 80.0 cm³/mol. The number of hydrogen-bond donors (Lipinski definition) is 1. The van der Waals surface area contributed by atoms with Crippen molar-refractivity contribution in [3.63, 3.8) is 0 Å². The van der Waals surface area contributed by atoms with Crippen LogP contribution in [0.1, 0.15) is 30.0 Å². The molecule has 2 aromatic rings. The number of para-hydroxylation sites is 1. The Labute approximate surface area is 123 Å².